The van der Waals surface area contributed by atoms with Gasteiger partial charge in [-0.2, -0.15) is 0 Å². The van der Waals surface area contributed by atoms with Crippen LogP contribution in [0.1, 0.15) is 5.56 Å². The predicted molar refractivity (Wildman–Crippen MR) is 84.3 cm³/mol. The Bertz CT molecular complexity index is 628. The number of ether oxygens (including phenoxy) is 1. The minimum absolute atomic E-state index is 0.202. The molecule has 0 unspecified atom stereocenters. The Labute approximate surface area is 124 Å². The second-order valence-corrected chi connectivity index (χ2v) is 4.72. The van der Waals surface area contributed by atoms with Gasteiger partial charge in [-0.1, -0.05) is 24.3 Å². The molecule has 0 fully saturated rings. The van der Waals surface area contributed by atoms with E-state index in [1.54, 1.807) is 25.1 Å². The SMILES string of the molecule is COc1cccc(NC(=O)N(C)Cc2ccccc2N)c1. The number of methoxy groups -OCH3 is 1. The number of nitrogens with zero attached hydrogens (tertiary/aromatic N) is 1. The summed E-state index contributed by atoms with van der Waals surface area (Å²) in [7, 11) is 3.31. The summed E-state index contributed by atoms with van der Waals surface area (Å²) in [6, 6.07) is 14.5. The highest BCUT2D eigenvalue weighted by Crippen LogP contribution is 2.18. The van der Waals surface area contributed by atoms with Crippen molar-refractivity contribution in [3.8, 4) is 5.75 Å². The molecule has 0 bridgehead atoms. The molecule has 0 saturated carbocycles. The van der Waals surface area contributed by atoms with Crippen LogP contribution in [0.3, 0.4) is 0 Å². The molecule has 0 atom stereocenters. The van der Waals surface area contributed by atoms with E-state index < -0.39 is 0 Å². The molecule has 2 amide bonds. The summed E-state index contributed by atoms with van der Waals surface area (Å²) >= 11 is 0. The Morgan fingerprint density at radius 2 is 2.00 bits per heavy atom. The number of urea groups is 1. The number of para-hydroxylation sites is 1. The smallest absolute Gasteiger partial charge is 0.321 e. The number of nitrogens with two attached hydrogens (primary N) is 1. The van der Waals surface area contributed by atoms with Crippen LogP contribution in [0, 0.1) is 0 Å². The van der Waals surface area contributed by atoms with Gasteiger partial charge in [-0.05, 0) is 23.8 Å². The second-order valence-electron chi connectivity index (χ2n) is 4.72. The first-order valence-electron chi connectivity index (χ1n) is 6.59. The van der Waals surface area contributed by atoms with E-state index in [1.165, 1.54) is 0 Å². The van der Waals surface area contributed by atoms with Crippen LogP contribution in [0.25, 0.3) is 0 Å². The van der Waals surface area contributed by atoms with Gasteiger partial charge in [0, 0.05) is 31.0 Å². The van der Waals surface area contributed by atoms with Gasteiger partial charge in [0.15, 0.2) is 0 Å². The van der Waals surface area contributed by atoms with Crippen LogP contribution in [-0.2, 0) is 6.54 Å². The fourth-order valence-electron chi connectivity index (χ4n) is 1.93. The molecule has 0 spiro atoms. The summed E-state index contributed by atoms with van der Waals surface area (Å²) in [6.45, 7) is 0.447. The van der Waals surface area contributed by atoms with Crippen LogP contribution in [-0.4, -0.2) is 25.1 Å². The average molecular weight is 285 g/mol. The number of hydrogen-bond donors (Lipinski definition) is 2. The Balaban J connectivity index is 2.01. The number of carbonyl (C=O) groups is 1. The molecule has 3 N–H and O–H groups in total. The molecule has 2 aromatic rings. The van der Waals surface area contributed by atoms with E-state index in [1.807, 2.05) is 42.5 Å². The molecule has 0 aliphatic carbocycles. The van der Waals surface area contributed by atoms with Crippen molar-refractivity contribution in [2.45, 2.75) is 6.54 Å². The van der Waals surface area contributed by atoms with E-state index in [-0.39, 0.29) is 6.03 Å². The van der Waals surface area contributed by atoms with Gasteiger partial charge in [-0.25, -0.2) is 4.79 Å². The van der Waals surface area contributed by atoms with E-state index in [2.05, 4.69) is 5.32 Å². The largest absolute Gasteiger partial charge is 0.497 e. The van der Waals surface area contributed by atoms with Crippen molar-refractivity contribution < 1.29 is 9.53 Å². The van der Waals surface area contributed by atoms with E-state index in [4.69, 9.17) is 10.5 Å². The van der Waals surface area contributed by atoms with Gasteiger partial charge in [0.05, 0.1) is 7.11 Å². The first-order chi connectivity index (χ1) is 10.1. The molecule has 2 rings (SSSR count). The second kappa shape index (κ2) is 6.65. The summed E-state index contributed by atoms with van der Waals surface area (Å²) in [6.07, 6.45) is 0. The third kappa shape index (κ3) is 3.89. The van der Waals surface area contributed by atoms with Crippen molar-refractivity contribution >= 4 is 17.4 Å². The Hall–Kier alpha value is -2.69. The van der Waals surface area contributed by atoms with Gasteiger partial charge >= 0.3 is 6.03 Å². The molecule has 0 aliphatic heterocycles. The monoisotopic (exact) mass is 285 g/mol. The number of rotatable bonds is 4. The number of nitrogens with one attached hydrogen (secondary N) is 1. The van der Waals surface area contributed by atoms with E-state index in [0.29, 0.717) is 23.7 Å². The predicted octanol–water partition coefficient (Wildman–Crippen LogP) is 2.94. The normalized spacial score (nSPS) is 10.0. The molecule has 21 heavy (non-hydrogen) atoms. The lowest BCUT2D eigenvalue weighted by atomic mass is 10.2. The van der Waals surface area contributed by atoms with Gasteiger partial charge in [0.1, 0.15) is 5.75 Å². The summed E-state index contributed by atoms with van der Waals surface area (Å²) in [5, 5.41) is 2.82. The number of anilines is 2. The summed E-state index contributed by atoms with van der Waals surface area (Å²) in [5.74, 6) is 0.697. The number of benzene rings is 2. The van der Waals surface area contributed by atoms with Crippen LogP contribution in [0.4, 0.5) is 16.2 Å². The van der Waals surface area contributed by atoms with Crippen molar-refractivity contribution in [1.82, 2.24) is 4.90 Å². The fraction of sp³-hybridized carbons (Fsp3) is 0.188. The molecule has 5 heteroatoms. The topological polar surface area (TPSA) is 67.6 Å². The van der Waals surface area contributed by atoms with Gasteiger partial charge in [0.25, 0.3) is 0 Å². The molecular weight excluding hydrogens is 266 g/mol. The first kappa shape index (κ1) is 14.7. The average Bonchev–Trinajstić information content (AvgIpc) is 2.49. The summed E-state index contributed by atoms with van der Waals surface area (Å²) < 4.78 is 5.13. The third-order valence-corrected chi connectivity index (χ3v) is 3.13. The molecule has 0 aromatic heterocycles. The maximum Gasteiger partial charge on any atom is 0.321 e. The minimum atomic E-state index is -0.202. The Morgan fingerprint density at radius 1 is 1.24 bits per heavy atom. The van der Waals surface area contributed by atoms with E-state index >= 15 is 0 Å². The lowest BCUT2D eigenvalue weighted by Gasteiger charge is -2.19. The van der Waals surface area contributed by atoms with Crippen LogP contribution in [0.2, 0.25) is 0 Å². The lowest BCUT2D eigenvalue weighted by molar-refractivity contribution is 0.221. The first-order valence-corrected chi connectivity index (χ1v) is 6.59. The summed E-state index contributed by atoms with van der Waals surface area (Å²) in [4.78, 5) is 13.7. The van der Waals surface area contributed by atoms with E-state index in [9.17, 15) is 4.79 Å². The van der Waals surface area contributed by atoms with Crippen LogP contribution in [0.5, 0.6) is 5.75 Å². The van der Waals surface area contributed by atoms with Gasteiger partial charge in [-0.15, -0.1) is 0 Å². The van der Waals surface area contributed by atoms with Crippen LogP contribution < -0.4 is 15.8 Å². The highest BCUT2D eigenvalue weighted by atomic mass is 16.5. The molecule has 0 heterocycles. The molecule has 0 saturated heterocycles. The zero-order valence-corrected chi connectivity index (χ0v) is 12.2. The van der Waals surface area contributed by atoms with Crippen molar-refractivity contribution in [2.75, 3.05) is 25.2 Å². The molecule has 0 radical (unpaired) electrons. The quantitative estimate of drug-likeness (QED) is 0.849. The van der Waals surface area contributed by atoms with Crippen molar-refractivity contribution in [1.29, 1.82) is 0 Å². The van der Waals surface area contributed by atoms with Gasteiger partial charge in [-0.3, -0.25) is 0 Å². The lowest BCUT2D eigenvalue weighted by Crippen LogP contribution is -2.31. The fourth-order valence-corrected chi connectivity index (χ4v) is 1.93. The van der Waals surface area contributed by atoms with E-state index in [0.717, 1.165) is 5.56 Å². The van der Waals surface area contributed by atoms with Gasteiger partial charge in [0.2, 0.25) is 0 Å². The zero-order chi connectivity index (χ0) is 15.2. The number of hydrogen-bond acceptors (Lipinski definition) is 3. The Kier molecular flexibility index (Phi) is 4.66. The third-order valence-electron chi connectivity index (χ3n) is 3.13. The van der Waals surface area contributed by atoms with Crippen molar-refractivity contribution in [2.24, 2.45) is 0 Å². The molecule has 5 nitrogen and oxygen atoms in total. The minimum Gasteiger partial charge on any atom is -0.497 e. The maximum absolute atomic E-state index is 12.2. The maximum atomic E-state index is 12.2. The highest BCUT2D eigenvalue weighted by Gasteiger charge is 2.11. The highest BCUT2D eigenvalue weighted by molar-refractivity contribution is 5.89. The zero-order valence-electron chi connectivity index (χ0n) is 12.2. The Morgan fingerprint density at radius 3 is 2.71 bits per heavy atom. The molecule has 2 aromatic carbocycles. The van der Waals surface area contributed by atoms with Crippen molar-refractivity contribution in [3.05, 3.63) is 54.1 Å². The molecule has 110 valence electrons. The standard InChI is InChI=1S/C16H19N3O2/c1-19(11-12-6-3-4-9-15(12)17)16(20)18-13-7-5-8-14(10-13)21-2/h3-10H,11,17H2,1-2H3,(H,18,20). The van der Waals surface area contributed by atoms with Crippen LogP contribution >= 0.6 is 0 Å². The summed E-state index contributed by atoms with van der Waals surface area (Å²) in [5.41, 5.74) is 8.17. The number of carbonyl (C=O) groups excluding carboxylic acids is 1. The molecule has 0 aliphatic rings. The van der Waals surface area contributed by atoms with Gasteiger partial charge < -0.3 is 20.7 Å². The van der Waals surface area contributed by atoms with Crippen molar-refractivity contribution in [3.63, 3.8) is 0 Å². The van der Waals surface area contributed by atoms with Crippen LogP contribution in [0.15, 0.2) is 48.5 Å². The number of amides is 2. The molecular formula is C16H19N3O2. The number of nitrogen functional groups attached to an aromatic ring is 1.